The van der Waals surface area contributed by atoms with Gasteiger partial charge in [-0.05, 0) is 51.2 Å². The van der Waals surface area contributed by atoms with E-state index < -0.39 is 30.0 Å². The highest BCUT2D eigenvalue weighted by molar-refractivity contribution is 6.29. The minimum atomic E-state index is -1.45. The van der Waals surface area contributed by atoms with Crippen molar-refractivity contribution in [3.63, 3.8) is 0 Å². The number of hydrogen-bond acceptors (Lipinski definition) is 4. The van der Waals surface area contributed by atoms with Crippen LogP contribution in [0, 0.1) is 5.92 Å². The predicted octanol–water partition coefficient (Wildman–Crippen LogP) is 5.10. The molecule has 2 unspecified atom stereocenters. The molecule has 3 atom stereocenters. The topological polar surface area (TPSA) is 108 Å². The molecule has 216 valence electrons. The minimum Gasteiger partial charge on any atom is -0.381 e. The average molecular weight is 573 g/mol. The quantitative estimate of drug-likeness (QED) is 0.195. The van der Waals surface area contributed by atoms with Crippen LogP contribution in [0.5, 0.6) is 0 Å². The fraction of sp³-hybridized carbons (Fsp3) is 0.552. The van der Waals surface area contributed by atoms with Gasteiger partial charge in [-0.25, -0.2) is 0 Å². The third-order valence-corrected chi connectivity index (χ3v) is 5.34. The monoisotopic (exact) mass is 571 g/mol. The van der Waals surface area contributed by atoms with Crippen LogP contribution in [-0.4, -0.2) is 53.9 Å². The molecule has 0 bridgehead atoms. The maximum Gasteiger partial charge on any atom is 0.250 e. The van der Waals surface area contributed by atoms with Crippen LogP contribution in [0.25, 0.3) is 0 Å². The summed E-state index contributed by atoms with van der Waals surface area (Å²) in [5, 5.41) is 19.4. The Morgan fingerprint density at radius 2 is 1.55 bits per heavy atom. The number of aliphatic hydroxyl groups excluding tert-OH is 1. The number of aliphatic hydroxyl groups is 1. The number of benzene rings is 1. The van der Waals surface area contributed by atoms with Gasteiger partial charge in [0.2, 0.25) is 11.8 Å². The first kappa shape index (κ1) is 37.8. The lowest BCUT2D eigenvalue weighted by Gasteiger charge is -2.28. The number of rotatable bonds is 13. The van der Waals surface area contributed by atoms with Crippen molar-refractivity contribution in [2.75, 3.05) is 12.9 Å². The normalized spacial score (nSPS) is 13.6. The molecular formula is C29H47Cl2N3O4. The molecule has 0 aromatic heterocycles. The van der Waals surface area contributed by atoms with Gasteiger partial charge in [0.05, 0.1) is 6.04 Å². The molecule has 0 saturated heterocycles. The Hall–Kier alpha value is -2.35. The van der Waals surface area contributed by atoms with E-state index in [2.05, 4.69) is 27.6 Å². The molecule has 1 rings (SSSR count). The highest BCUT2D eigenvalue weighted by Crippen LogP contribution is 2.13. The van der Waals surface area contributed by atoms with Crippen molar-refractivity contribution in [2.45, 2.75) is 85.9 Å². The van der Waals surface area contributed by atoms with Gasteiger partial charge in [0, 0.05) is 24.4 Å². The third-order valence-electron chi connectivity index (χ3n) is 5.22. The Morgan fingerprint density at radius 3 is 2.05 bits per heavy atom. The first-order valence-electron chi connectivity index (χ1n) is 13.0. The van der Waals surface area contributed by atoms with Crippen molar-refractivity contribution in [1.82, 2.24) is 16.0 Å². The summed E-state index contributed by atoms with van der Waals surface area (Å²) in [7, 11) is 0. The van der Waals surface area contributed by atoms with E-state index in [-0.39, 0.29) is 24.7 Å². The van der Waals surface area contributed by atoms with Crippen LogP contribution < -0.4 is 16.0 Å². The van der Waals surface area contributed by atoms with Crippen molar-refractivity contribution in [3.05, 3.63) is 58.7 Å². The van der Waals surface area contributed by atoms with Gasteiger partial charge in [-0.3, -0.25) is 14.4 Å². The van der Waals surface area contributed by atoms with Crippen LogP contribution in [0.1, 0.15) is 66.9 Å². The zero-order valence-corrected chi connectivity index (χ0v) is 25.6. The summed E-state index contributed by atoms with van der Waals surface area (Å²) >= 11 is 10.5. The second-order valence-electron chi connectivity index (χ2n) is 8.70. The molecule has 0 fully saturated rings. The molecule has 1 aromatic carbocycles. The largest absolute Gasteiger partial charge is 0.381 e. The number of likely N-dealkylation sites (N-methyl/N-ethyl adjacent to an activating group) is 1. The number of carbonyl (C=O) groups is 3. The van der Waals surface area contributed by atoms with Gasteiger partial charge in [0.25, 0.3) is 5.91 Å². The van der Waals surface area contributed by atoms with E-state index in [0.717, 1.165) is 11.1 Å². The van der Waals surface area contributed by atoms with Crippen LogP contribution >= 0.6 is 23.2 Å². The summed E-state index contributed by atoms with van der Waals surface area (Å²) in [4.78, 5) is 37.9. The molecule has 4 N–H and O–H groups in total. The standard InChI is InChI=1S/C26H38ClN3O4.C2H6.CH3Cl/c1-6-28-26(34)24(32)21(16-18(4)12-13-19(5)27)29-25(33)23(17(2)3)30-22(31)15-14-20-10-8-7-9-11-20;2*1-2/h7-13,17,21,23-24,32H,6,14-16H2,1-5H3,(H,28,34)(H,29,33)(H,30,31);1-2H3;1H3/b18-12+,19-13+;;/t21?,23-,24?;;/m0../s1. The highest BCUT2D eigenvalue weighted by atomic mass is 35.5. The molecule has 0 aliphatic carbocycles. The molecule has 0 aliphatic rings. The van der Waals surface area contributed by atoms with Gasteiger partial charge in [0.1, 0.15) is 6.04 Å². The molecule has 0 radical (unpaired) electrons. The average Bonchev–Trinajstić information content (AvgIpc) is 2.91. The van der Waals surface area contributed by atoms with Gasteiger partial charge in [-0.1, -0.05) is 81.3 Å². The highest BCUT2D eigenvalue weighted by Gasteiger charge is 2.31. The summed E-state index contributed by atoms with van der Waals surface area (Å²) in [6.45, 7) is 13.3. The lowest BCUT2D eigenvalue weighted by molar-refractivity contribution is -0.134. The van der Waals surface area contributed by atoms with E-state index in [0.29, 0.717) is 18.0 Å². The number of hydrogen-bond donors (Lipinski definition) is 4. The van der Waals surface area contributed by atoms with Crippen molar-refractivity contribution in [1.29, 1.82) is 0 Å². The molecule has 1 aromatic rings. The molecule has 3 amide bonds. The molecule has 38 heavy (non-hydrogen) atoms. The second-order valence-corrected chi connectivity index (χ2v) is 9.30. The van der Waals surface area contributed by atoms with Crippen LogP contribution in [0.15, 0.2) is 53.1 Å². The predicted molar refractivity (Wildman–Crippen MR) is 159 cm³/mol. The van der Waals surface area contributed by atoms with Gasteiger partial charge in [-0.2, -0.15) is 0 Å². The van der Waals surface area contributed by atoms with E-state index in [9.17, 15) is 19.5 Å². The van der Waals surface area contributed by atoms with Gasteiger partial charge in [0.15, 0.2) is 6.10 Å². The number of carbonyl (C=O) groups excluding carboxylic acids is 3. The van der Waals surface area contributed by atoms with Crippen LogP contribution in [0.4, 0.5) is 0 Å². The molecule has 0 saturated carbocycles. The number of amides is 3. The molecule has 0 spiro atoms. The van der Waals surface area contributed by atoms with E-state index in [1.807, 2.05) is 65.0 Å². The minimum absolute atomic E-state index is 0.193. The number of allylic oxidation sites excluding steroid dienone is 3. The van der Waals surface area contributed by atoms with E-state index in [1.54, 1.807) is 26.0 Å². The zero-order chi connectivity index (χ0) is 29.7. The van der Waals surface area contributed by atoms with Crippen molar-refractivity contribution < 1.29 is 19.5 Å². The number of nitrogens with one attached hydrogen (secondary N) is 3. The fourth-order valence-corrected chi connectivity index (χ4v) is 3.39. The second kappa shape index (κ2) is 22.6. The lowest BCUT2D eigenvalue weighted by Crippen LogP contribution is -2.56. The molecular weight excluding hydrogens is 525 g/mol. The fourth-order valence-electron chi connectivity index (χ4n) is 3.33. The van der Waals surface area contributed by atoms with E-state index in [1.165, 1.54) is 6.38 Å². The maximum absolute atomic E-state index is 13.1. The maximum atomic E-state index is 13.1. The summed E-state index contributed by atoms with van der Waals surface area (Å²) < 4.78 is 0. The first-order chi connectivity index (χ1) is 18.0. The summed E-state index contributed by atoms with van der Waals surface area (Å²) in [6.07, 6.45) is 4.55. The van der Waals surface area contributed by atoms with Crippen LogP contribution in [-0.2, 0) is 20.8 Å². The smallest absolute Gasteiger partial charge is 0.250 e. The molecule has 0 aliphatic heterocycles. The Balaban J connectivity index is 0. The van der Waals surface area contributed by atoms with Gasteiger partial charge >= 0.3 is 0 Å². The Morgan fingerprint density at radius 1 is 0.974 bits per heavy atom. The first-order valence-corrected chi connectivity index (χ1v) is 14.1. The van der Waals surface area contributed by atoms with Crippen molar-refractivity contribution in [2.24, 2.45) is 5.92 Å². The SMILES string of the molecule is CC.CCNC(=O)C(O)C(C/C(C)=C/C=C(\C)Cl)NC(=O)[C@@H](NC(=O)CCc1ccccc1)C(C)C.CCl. The summed E-state index contributed by atoms with van der Waals surface area (Å²) in [5.74, 6) is -1.45. The number of halogens is 2. The Kier molecular flexibility index (Phi) is 22.5. The lowest BCUT2D eigenvalue weighted by atomic mass is 9.98. The third kappa shape index (κ3) is 16.5. The summed E-state index contributed by atoms with van der Waals surface area (Å²) in [5.41, 5.74) is 1.86. The van der Waals surface area contributed by atoms with Gasteiger partial charge in [-0.15, -0.1) is 11.6 Å². The zero-order valence-electron chi connectivity index (χ0n) is 24.1. The number of alkyl halides is 1. The molecule has 0 heterocycles. The Bertz CT molecular complexity index is 870. The van der Waals surface area contributed by atoms with E-state index >= 15 is 0 Å². The van der Waals surface area contributed by atoms with Crippen molar-refractivity contribution >= 4 is 40.9 Å². The van der Waals surface area contributed by atoms with Crippen molar-refractivity contribution in [3.8, 4) is 0 Å². The Labute approximate surface area is 239 Å². The van der Waals surface area contributed by atoms with Crippen LogP contribution in [0.2, 0.25) is 0 Å². The molecule has 9 heteroatoms. The molecule has 7 nitrogen and oxygen atoms in total. The summed E-state index contributed by atoms with van der Waals surface area (Å²) in [6, 6.07) is 7.96. The van der Waals surface area contributed by atoms with Gasteiger partial charge < -0.3 is 21.1 Å². The number of aryl methyl sites for hydroxylation is 1. The van der Waals surface area contributed by atoms with E-state index in [4.69, 9.17) is 11.6 Å². The van der Waals surface area contributed by atoms with Crippen LogP contribution in [0.3, 0.4) is 0 Å².